The van der Waals surface area contributed by atoms with Gasteiger partial charge in [0.15, 0.2) is 0 Å². The number of hydrogen-bond acceptors (Lipinski definition) is 5. The Morgan fingerprint density at radius 1 is 1.09 bits per heavy atom. The van der Waals surface area contributed by atoms with Crippen LogP contribution < -0.4 is 4.74 Å². The number of carbonyl (C=O) groups is 2. The van der Waals surface area contributed by atoms with E-state index in [1.807, 2.05) is 77.9 Å². The Balaban J connectivity index is 2.09. The van der Waals surface area contributed by atoms with Crippen LogP contribution in [0.4, 0.5) is 0 Å². The predicted molar refractivity (Wildman–Crippen MR) is 138 cm³/mol. The first-order valence-corrected chi connectivity index (χ1v) is 12.4. The van der Waals surface area contributed by atoms with Gasteiger partial charge in [-0.1, -0.05) is 43.7 Å². The van der Waals surface area contributed by atoms with Crippen molar-refractivity contribution in [1.29, 1.82) is 0 Å². The zero-order chi connectivity index (χ0) is 25.7. The molecule has 0 aromatic heterocycles. The molecule has 3 rings (SSSR count). The number of aliphatic hydroxyl groups excluding tert-OH is 1. The van der Waals surface area contributed by atoms with Crippen molar-refractivity contribution in [3.63, 3.8) is 0 Å². The van der Waals surface area contributed by atoms with Gasteiger partial charge >= 0.3 is 0 Å². The molecule has 1 aliphatic heterocycles. The Bertz CT molecular complexity index is 1100. The lowest BCUT2D eigenvalue weighted by atomic mass is 9.92. The smallest absolute Gasteiger partial charge is 0.295 e. The molecule has 1 N–H and O–H groups in total. The van der Waals surface area contributed by atoms with Crippen molar-refractivity contribution in [2.24, 2.45) is 0 Å². The Hall–Kier alpha value is -3.12. The zero-order valence-electron chi connectivity index (χ0n) is 21.6. The summed E-state index contributed by atoms with van der Waals surface area (Å²) in [5.74, 6) is -0.530. The van der Waals surface area contributed by atoms with Gasteiger partial charge in [-0.3, -0.25) is 9.59 Å². The van der Waals surface area contributed by atoms with Crippen LogP contribution in [0.5, 0.6) is 5.75 Å². The third kappa shape index (κ3) is 5.93. The lowest BCUT2D eigenvalue weighted by Crippen LogP contribution is -2.31. The minimum atomic E-state index is -0.668. The van der Waals surface area contributed by atoms with Crippen LogP contribution in [0.1, 0.15) is 75.3 Å². The maximum absolute atomic E-state index is 13.3. The number of nitrogens with zero attached hydrogens (tertiary/aromatic N) is 1. The molecule has 0 radical (unpaired) electrons. The van der Waals surface area contributed by atoms with Crippen molar-refractivity contribution in [1.82, 2.24) is 4.90 Å². The van der Waals surface area contributed by atoms with Gasteiger partial charge in [0.25, 0.3) is 11.7 Å². The molecule has 0 spiro atoms. The second-order valence-corrected chi connectivity index (χ2v) is 9.52. The molecule has 1 fully saturated rings. The number of hydrogen-bond donors (Lipinski definition) is 1. The van der Waals surface area contributed by atoms with E-state index in [1.165, 1.54) is 0 Å². The average molecular weight is 480 g/mol. The number of ketones is 1. The summed E-state index contributed by atoms with van der Waals surface area (Å²) in [6, 6.07) is 12.5. The molecule has 2 aromatic carbocycles. The third-order valence-electron chi connectivity index (χ3n) is 6.10. The number of aliphatic hydroxyl groups is 1. The van der Waals surface area contributed by atoms with Crippen LogP contribution in [-0.4, -0.2) is 47.6 Å². The second kappa shape index (κ2) is 11.5. The SMILES string of the molecule is CCOc1ccc(/C(O)=C2/C(=O)C(=O)N(CCCOC(C)C)C2c2cccc(C)c2)cc1C(C)C. The molecular formula is C29H37NO5. The standard InChI is InChI=1S/C29H37NO5/c1-7-34-24-13-12-22(17-23(24)18(2)3)27(31)25-26(21-11-8-10-20(6)16-21)30(29(33)28(25)32)14-9-15-35-19(4)5/h8,10-13,16-19,26,31H,7,9,14-15H2,1-6H3/b27-25-. The summed E-state index contributed by atoms with van der Waals surface area (Å²) in [6.45, 7) is 13.3. The van der Waals surface area contributed by atoms with Crippen LogP contribution in [0.15, 0.2) is 48.0 Å². The van der Waals surface area contributed by atoms with Crippen molar-refractivity contribution >= 4 is 17.4 Å². The Morgan fingerprint density at radius 3 is 2.46 bits per heavy atom. The first kappa shape index (κ1) is 26.5. The first-order valence-electron chi connectivity index (χ1n) is 12.4. The number of ether oxygens (including phenoxy) is 2. The summed E-state index contributed by atoms with van der Waals surface area (Å²) in [6.07, 6.45) is 0.682. The molecule has 2 aromatic rings. The molecule has 6 nitrogen and oxygen atoms in total. The van der Waals surface area contributed by atoms with Crippen molar-refractivity contribution in [2.75, 3.05) is 19.8 Å². The molecule has 1 saturated heterocycles. The average Bonchev–Trinajstić information content (AvgIpc) is 3.06. The minimum Gasteiger partial charge on any atom is -0.507 e. The molecule has 0 aliphatic carbocycles. The topological polar surface area (TPSA) is 76.1 Å². The van der Waals surface area contributed by atoms with Crippen molar-refractivity contribution in [3.8, 4) is 5.75 Å². The molecule has 188 valence electrons. The fourth-order valence-electron chi connectivity index (χ4n) is 4.44. The van der Waals surface area contributed by atoms with E-state index < -0.39 is 17.7 Å². The summed E-state index contributed by atoms with van der Waals surface area (Å²) in [7, 11) is 0. The zero-order valence-corrected chi connectivity index (χ0v) is 21.6. The van der Waals surface area contributed by atoms with E-state index >= 15 is 0 Å². The van der Waals surface area contributed by atoms with Gasteiger partial charge in [-0.25, -0.2) is 0 Å². The highest BCUT2D eigenvalue weighted by molar-refractivity contribution is 6.46. The maximum atomic E-state index is 13.3. The predicted octanol–water partition coefficient (Wildman–Crippen LogP) is 5.75. The fraction of sp³-hybridized carbons (Fsp3) is 0.448. The second-order valence-electron chi connectivity index (χ2n) is 9.52. The summed E-state index contributed by atoms with van der Waals surface area (Å²) >= 11 is 0. The van der Waals surface area contributed by atoms with Crippen LogP contribution in [0.2, 0.25) is 0 Å². The van der Waals surface area contributed by atoms with E-state index in [4.69, 9.17) is 9.47 Å². The molecule has 1 atom stereocenters. The van der Waals surface area contributed by atoms with Gasteiger partial charge in [0.1, 0.15) is 11.5 Å². The number of likely N-dealkylation sites (tertiary alicyclic amines) is 1. The van der Waals surface area contributed by atoms with Gasteiger partial charge in [-0.2, -0.15) is 0 Å². The number of amides is 1. The van der Waals surface area contributed by atoms with E-state index in [0.29, 0.717) is 31.7 Å². The monoisotopic (exact) mass is 479 g/mol. The number of carbonyl (C=O) groups excluding carboxylic acids is 2. The highest BCUT2D eigenvalue weighted by Crippen LogP contribution is 2.40. The van der Waals surface area contributed by atoms with E-state index in [2.05, 4.69) is 0 Å². The number of benzene rings is 2. The summed E-state index contributed by atoms with van der Waals surface area (Å²) in [5, 5.41) is 11.4. The van der Waals surface area contributed by atoms with Gasteiger partial charge in [0.2, 0.25) is 0 Å². The molecular weight excluding hydrogens is 442 g/mol. The lowest BCUT2D eigenvalue weighted by molar-refractivity contribution is -0.140. The van der Waals surface area contributed by atoms with E-state index in [1.54, 1.807) is 11.0 Å². The summed E-state index contributed by atoms with van der Waals surface area (Å²) in [4.78, 5) is 28.0. The highest BCUT2D eigenvalue weighted by atomic mass is 16.5. The molecule has 35 heavy (non-hydrogen) atoms. The third-order valence-corrected chi connectivity index (χ3v) is 6.10. The fourth-order valence-corrected chi connectivity index (χ4v) is 4.44. The van der Waals surface area contributed by atoms with Crippen molar-refractivity contribution < 1.29 is 24.2 Å². The lowest BCUT2D eigenvalue weighted by Gasteiger charge is -2.26. The van der Waals surface area contributed by atoms with Gasteiger partial charge in [-0.15, -0.1) is 0 Å². The summed E-state index contributed by atoms with van der Waals surface area (Å²) < 4.78 is 11.4. The number of Topliss-reactive ketones (excluding diaryl/α,β-unsaturated/α-hetero) is 1. The van der Waals surface area contributed by atoms with Crippen LogP contribution in [0.3, 0.4) is 0 Å². The highest BCUT2D eigenvalue weighted by Gasteiger charge is 2.45. The van der Waals surface area contributed by atoms with Crippen LogP contribution in [0.25, 0.3) is 5.76 Å². The van der Waals surface area contributed by atoms with E-state index in [-0.39, 0.29) is 23.4 Å². The van der Waals surface area contributed by atoms with Crippen LogP contribution >= 0.6 is 0 Å². The Kier molecular flexibility index (Phi) is 8.73. The molecule has 1 aliphatic rings. The van der Waals surface area contributed by atoms with E-state index in [0.717, 1.165) is 22.4 Å². The van der Waals surface area contributed by atoms with Crippen LogP contribution in [-0.2, 0) is 14.3 Å². The number of rotatable bonds is 10. The Labute approximate surface area is 208 Å². The largest absolute Gasteiger partial charge is 0.507 e. The molecule has 6 heteroatoms. The number of aryl methyl sites for hydroxylation is 1. The van der Waals surface area contributed by atoms with Gasteiger partial charge in [0, 0.05) is 18.7 Å². The quantitative estimate of drug-likeness (QED) is 0.203. The van der Waals surface area contributed by atoms with E-state index in [9.17, 15) is 14.7 Å². The molecule has 0 saturated carbocycles. The first-order chi connectivity index (χ1) is 16.6. The van der Waals surface area contributed by atoms with Gasteiger partial charge in [0.05, 0.1) is 24.3 Å². The van der Waals surface area contributed by atoms with Crippen molar-refractivity contribution in [3.05, 3.63) is 70.3 Å². The minimum absolute atomic E-state index is 0.0906. The molecule has 1 unspecified atom stereocenters. The summed E-state index contributed by atoms with van der Waals surface area (Å²) in [5.41, 5.74) is 3.35. The van der Waals surface area contributed by atoms with Crippen LogP contribution in [0, 0.1) is 6.92 Å². The van der Waals surface area contributed by atoms with Gasteiger partial charge < -0.3 is 19.5 Å². The Morgan fingerprint density at radius 2 is 1.83 bits per heavy atom. The molecule has 0 bridgehead atoms. The normalized spacial score (nSPS) is 17.6. The molecule has 1 amide bonds. The molecule has 1 heterocycles. The van der Waals surface area contributed by atoms with Crippen molar-refractivity contribution in [2.45, 2.75) is 66.0 Å². The maximum Gasteiger partial charge on any atom is 0.295 e. The van der Waals surface area contributed by atoms with Gasteiger partial charge in [-0.05, 0) is 69.4 Å².